The number of carboxylic acids is 1. The highest BCUT2D eigenvalue weighted by Gasteiger charge is 2.31. The van der Waals surface area contributed by atoms with Gasteiger partial charge in [-0.2, -0.15) is 0 Å². The standard InChI is InChI=1S/C21H21N3O4S/c1-13-18(20(27)22-11-14-7-3-2-4-8-14)19(24-21(29)23-13)15-9-5-6-10-16(15)28-12-17(25)26/h2-10,19H,11-12H2,1H3,(H,22,27)(H,25,26)(H2,23,24,29). The SMILES string of the molecule is CC1=C(C(=O)NCc2ccccc2)C(c2ccccc2OCC(=O)O)NC(=S)N1. The summed E-state index contributed by atoms with van der Waals surface area (Å²) in [7, 11) is 0. The molecule has 1 unspecified atom stereocenters. The van der Waals surface area contributed by atoms with Crippen molar-refractivity contribution >= 4 is 29.2 Å². The Morgan fingerprint density at radius 3 is 2.55 bits per heavy atom. The first-order valence-corrected chi connectivity index (χ1v) is 9.40. The molecule has 0 saturated heterocycles. The Morgan fingerprint density at radius 2 is 1.83 bits per heavy atom. The summed E-state index contributed by atoms with van der Waals surface area (Å²) in [5.74, 6) is -0.966. The number of hydrogen-bond donors (Lipinski definition) is 4. The second-order valence-corrected chi connectivity index (χ2v) is 6.87. The highest BCUT2D eigenvalue weighted by atomic mass is 32.1. The van der Waals surface area contributed by atoms with Crippen LogP contribution in [0.5, 0.6) is 5.75 Å². The summed E-state index contributed by atoms with van der Waals surface area (Å²) in [6, 6.07) is 16.0. The molecule has 0 aromatic heterocycles. The number of para-hydroxylation sites is 1. The van der Waals surface area contributed by atoms with Crippen LogP contribution in [0.2, 0.25) is 0 Å². The zero-order valence-corrected chi connectivity index (χ0v) is 16.6. The molecular weight excluding hydrogens is 390 g/mol. The maximum atomic E-state index is 13.0. The largest absolute Gasteiger partial charge is 0.482 e. The van der Waals surface area contributed by atoms with Crippen molar-refractivity contribution in [3.05, 3.63) is 77.0 Å². The van der Waals surface area contributed by atoms with Gasteiger partial charge in [0.25, 0.3) is 5.91 Å². The van der Waals surface area contributed by atoms with E-state index in [2.05, 4.69) is 16.0 Å². The Kier molecular flexibility index (Phi) is 6.46. The smallest absolute Gasteiger partial charge is 0.341 e. The predicted molar refractivity (Wildman–Crippen MR) is 112 cm³/mol. The molecule has 0 aliphatic carbocycles. The lowest BCUT2D eigenvalue weighted by Crippen LogP contribution is -2.46. The van der Waals surface area contributed by atoms with E-state index in [1.54, 1.807) is 31.2 Å². The van der Waals surface area contributed by atoms with Crippen LogP contribution < -0.4 is 20.7 Å². The van der Waals surface area contributed by atoms with Crippen molar-refractivity contribution < 1.29 is 19.4 Å². The molecule has 2 aromatic carbocycles. The van der Waals surface area contributed by atoms with Gasteiger partial charge in [-0.25, -0.2) is 4.79 Å². The zero-order valence-electron chi connectivity index (χ0n) is 15.8. The fourth-order valence-electron chi connectivity index (χ4n) is 3.09. The monoisotopic (exact) mass is 411 g/mol. The molecule has 8 heteroatoms. The second kappa shape index (κ2) is 9.20. The van der Waals surface area contributed by atoms with Gasteiger partial charge in [0.2, 0.25) is 0 Å². The Labute approximate surface area is 173 Å². The molecular formula is C21H21N3O4S. The van der Waals surface area contributed by atoms with Crippen LogP contribution in [-0.4, -0.2) is 28.7 Å². The number of carboxylic acid groups (broad SMARTS) is 1. The average Bonchev–Trinajstić information content (AvgIpc) is 2.71. The molecule has 0 saturated carbocycles. The van der Waals surface area contributed by atoms with Gasteiger partial charge in [-0.15, -0.1) is 0 Å². The van der Waals surface area contributed by atoms with Crippen LogP contribution >= 0.6 is 12.2 Å². The lowest BCUT2D eigenvalue weighted by atomic mass is 9.94. The normalized spacial score (nSPS) is 15.9. The van der Waals surface area contributed by atoms with Gasteiger partial charge in [-0.05, 0) is 30.8 Å². The van der Waals surface area contributed by atoms with E-state index in [4.69, 9.17) is 22.1 Å². The quantitative estimate of drug-likeness (QED) is 0.519. The topological polar surface area (TPSA) is 99.7 Å². The van der Waals surface area contributed by atoms with Crippen LogP contribution in [0.1, 0.15) is 24.1 Å². The first kappa shape index (κ1) is 20.3. The van der Waals surface area contributed by atoms with E-state index in [9.17, 15) is 9.59 Å². The molecule has 3 rings (SSSR count). The molecule has 4 N–H and O–H groups in total. The molecule has 1 aliphatic heterocycles. The number of nitrogens with one attached hydrogen (secondary N) is 3. The van der Waals surface area contributed by atoms with E-state index in [-0.39, 0.29) is 5.91 Å². The second-order valence-electron chi connectivity index (χ2n) is 6.46. The molecule has 0 bridgehead atoms. The van der Waals surface area contributed by atoms with Gasteiger partial charge in [0, 0.05) is 17.8 Å². The molecule has 0 fully saturated rings. The van der Waals surface area contributed by atoms with Crippen molar-refractivity contribution in [2.24, 2.45) is 0 Å². The first-order valence-electron chi connectivity index (χ1n) is 8.99. The minimum atomic E-state index is -1.08. The lowest BCUT2D eigenvalue weighted by Gasteiger charge is -2.31. The van der Waals surface area contributed by atoms with Crippen molar-refractivity contribution in [1.29, 1.82) is 0 Å². The summed E-state index contributed by atoms with van der Waals surface area (Å²) >= 11 is 5.27. The third-order valence-corrected chi connectivity index (χ3v) is 4.61. The molecule has 0 spiro atoms. The number of benzene rings is 2. The highest BCUT2D eigenvalue weighted by Crippen LogP contribution is 2.33. The Balaban J connectivity index is 1.88. The number of rotatable bonds is 7. The number of allylic oxidation sites excluding steroid dienone is 1. The number of thiocarbonyl (C=S) groups is 1. The summed E-state index contributed by atoms with van der Waals surface area (Å²) in [4.78, 5) is 23.9. The van der Waals surface area contributed by atoms with E-state index < -0.39 is 18.6 Å². The first-order chi connectivity index (χ1) is 14.0. The van der Waals surface area contributed by atoms with E-state index >= 15 is 0 Å². The summed E-state index contributed by atoms with van der Waals surface area (Å²) in [5, 5.41) is 18.3. The molecule has 1 amide bonds. The van der Waals surface area contributed by atoms with Gasteiger partial charge < -0.3 is 25.8 Å². The average molecular weight is 411 g/mol. The van der Waals surface area contributed by atoms with Crippen LogP contribution in [0, 0.1) is 0 Å². The molecule has 0 radical (unpaired) electrons. The number of carbonyl (C=O) groups is 2. The third-order valence-electron chi connectivity index (χ3n) is 4.39. The molecule has 1 aliphatic rings. The maximum absolute atomic E-state index is 13.0. The van der Waals surface area contributed by atoms with Gasteiger partial charge in [0.1, 0.15) is 5.75 Å². The van der Waals surface area contributed by atoms with Crippen LogP contribution in [0.25, 0.3) is 0 Å². The number of hydrogen-bond acceptors (Lipinski definition) is 4. The van der Waals surface area contributed by atoms with Crippen LogP contribution in [0.4, 0.5) is 0 Å². The molecule has 7 nitrogen and oxygen atoms in total. The Morgan fingerprint density at radius 1 is 1.14 bits per heavy atom. The van der Waals surface area contributed by atoms with Crippen molar-refractivity contribution in [3.8, 4) is 5.75 Å². The van der Waals surface area contributed by atoms with Crippen molar-refractivity contribution in [2.45, 2.75) is 19.5 Å². The van der Waals surface area contributed by atoms with Crippen LogP contribution in [0.15, 0.2) is 65.9 Å². The maximum Gasteiger partial charge on any atom is 0.341 e. The predicted octanol–water partition coefficient (Wildman–Crippen LogP) is 2.26. The van der Waals surface area contributed by atoms with Crippen LogP contribution in [-0.2, 0) is 16.1 Å². The van der Waals surface area contributed by atoms with Crippen molar-refractivity contribution in [2.75, 3.05) is 6.61 Å². The highest BCUT2D eigenvalue weighted by molar-refractivity contribution is 7.80. The molecule has 150 valence electrons. The van der Waals surface area contributed by atoms with Gasteiger partial charge in [-0.1, -0.05) is 48.5 Å². The van der Waals surface area contributed by atoms with E-state index in [1.807, 2.05) is 30.3 Å². The molecule has 29 heavy (non-hydrogen) atoms. The van der Waals surface area contributed by atoms with E-state index in [0.717, 1.165) is 5.56 Å². The summed E-state index contributed by atoms with van der Waals surface area (Å²) < 4.78 is 5.42. The van der Waals surface area contributed by atoms with E-state index in [1.165, 1.54) is 0 Å². The summed E-state index contributed by atoms with van der Waals surface area (Å²) in [6.07, 6.45) is 0. The van der Waals surface area contributed by atoms with Gasteiger partial charge in [0.15, 0.2) is 11.7 Å². The zero-order chi connectivity index (χ0) is 20.8. The van der Waals surface area contributed by atoms with Crippen molar-refractivity contribution in [1.82, 2.24) is 16.0 Å². The minimum absolute atomic E-state index is 0.258. The van der Waals surface area contributed by atoms with Crippen molar-refractivity contribution in [3.63, 3.8) is 0 Å². The summed E-state index contributed by atoms with van der Waals surface area (Å²) in [5.41, 5.74) is 2.69. The molecule has 1 heterocycles. The Hall–Kier alpha value is -3.39. The fourth-order valence-corrected chi connectivity index (χ4v) is 3.36. The lowest BCUT2D eigenvalue weighted by molar-refractivity contribution is -0.139. The number of carbonyl (C=O) groups excluding carboxylic acids is 1. The van der Waals surface area contributed by atoms with Gasteiger partial charge in [-0.3, -0.25) is 4.79 Å². The van der Waals surface area contributed by atoms with Gasteiger partial charge in [0.05, 0.1) is 11.6 Å². The number of ether oxygens (including phenoxy) is 1. The minimum Gasteiger partial charge on any atom is -0.482 e. The number of aliphatic carboxylic acids is 1. The number of amides is 1. The third kappa shape index (κ3) is 5.11. The molecule has 1 atom stereocenters. The molecule has 2 aromatic rings. The van der Waals surface area contributed by atoms with Crippen LogP contribution in [0.3, 0.4) is 0 Å². The van der Waals surface area contributed by atoms with Gasteiger partial charge >= 0.3 is 5.97 Å². The van der Waals surface area contributed by atoms with E-state index in [0.29, 0.717) is 34.2 Å². The fraction of sp³-hybridized carbons (Fsp3) is 0.190. The Bertz CT molecular complexity index is 959. The summed E-state index contributed by atoms with van der Waals surface area (Å²) in [6.45, 7) is 1.67.